The molecule has 0 aromatic heterocycles. The van der Waals surface area contributed by atoms with Crippen LogP contribution in [0.3, 0.4) is 0 Å². The number of hydrogen-bond donors (Lipinski definition) is 1. The Morgan fingerprint density at radius 2 is 1.70 bits per heavy atom. The summed E-state index contributed by atoms with van der Waals surface area (Å²) in [6.07, 6.45) is 0.404. The van der Waals surface area contributed by atoms with Crippen LogP contribution in [0.5, 0.6) is 5.75 Å². The number of carbonyl (C=O) groups excluding carboxylic acids is 2. The highest BCUT2D eigenvalue weighted by molar-refractivity contribution is 6.30. The summed E-state index contributed by atoms with van der Waals surface area (Å²) in [6, 6.07) is 23.9. The van der Waals surface area contributed by atoms with Crippen LogP contribution in [0.15, 0.2) is 78.9 Å². The Morgan fingerprint density at radius 1 is 0.970 bits per heavy atom. The van der Waals surface area contributed by atoms with Gasteiger partial charge in [0.2, 0.25) is 5.91 Å². The van der Waals surface area contributed by atoms with E-state index in [-0.39, 0.29) is 18.4 Å². The Labute approximate surface area is 200 Å². The van der Waals surface area contributed by atoms with Gasteiger partial charge in [0.25, 0.3) is 5.91 Å². The van der Waals surface area contributed by atoms with Crippen LogP contribution in [0.1, 0.15) is 23.6 Å². The summed E-state index contributed by atoms with van der Waals surface area (Å²) in [5.74, 6) is 0.0380. The molecule has 3 aromatic carbocycles. The predicted octanol–water partition coefficient (Wildman–Crippen LogP) is 4.80. The Kier molecular flexibility index (Phi) is 8.90. The molecule has 1 unspecified atom stereocenters. The molecule has 0 aliphatic carbocycles. The fourth-order valence-electron chi connectivity index (χ4n) is 3.52. The Hall–Kier alpha value is -3.31. The van der Waals surface area contributed by atoms with Gasteiger partial charge in [-0.2, -0.15) is 0 Å². The number of hydrogen-bond acceptors (Lipinski definition) is 3. The van der Waals surface area contributed by atoms with Crippen LogP contribution in [0.4, 0.5) is 0 Å². The van der Waals surface area contributed by atoms with E-state index < -0.39 is 6.04 Å². The minimum absolute atomic E-state index is 0.190. The molecule has 33 heavy (non-hydrogen) atoms. The molecule has 0 saturated heterocycles. The van der Waals surface area contributed by atoms with Crippen molar-refractivity contribution in [2.45, 2.75) is 32.9 Å². The van der Waals surface area contributed by atoms with Crippen molar-refractivity contribution in [3.63, 3.8) is 0 Å². The number of benzene rings is 3. The lowest BCUT2D eigenvalue weighted by molar-refractivity contribution is -0.142. The molecule has 172 valence electrons. The molecule has 6 heteroatoms. The summed E-state index contributed by atoms with van der Waals surface area (Å²) in [5, 5.41) is 3.41. The van der Waals surface area contributed by atoms with Gasteiger partial charge in [-0.25, -0.2) is 0 Å². The zero-order chi connectivity index (χ0) is 23.6. The highest BCUT2D eigenvalue weighted by Gasteiger charge is 2.30. The summed E-state index contributed by atoms with van der Waals surface area (Å²) in [4.78, 5) is 28.1. The zero-order valence-corrected chi connectivity index (χ0v) is 19.7. The molecule has 0 spiro atoms. The lowest BCUT2D eigenvalue weighted by Crippen LogP contribution is -2.51. The lowest BCUT2D eigenvalue weighted by atomic mass is 10.0. The number of carbonyl (C=O) groups is 2. The molecule has 0 aliphatic heterocycles. The van der Waals surface area contributed by atoms with Crippen LogP contribution < -0.4 is 10.1 Å². The van der Waals surface area contributed by atoms with Crippen LogP contribution in [0, 0.1) is 6.92 Å². The van der Waals surface area contributed by atoms with Gasteiger partial charge in [-0.1, -0.05) is 77.8 Å². The van der Waals surface area contributed by atoms with E-state index in [4.69, 9.17) is 16.3 Å². The maximum atomic E-state index is 13.4. The van der Waals surface area contributed by atoms with E-state index in [9.17, 15) is 9.59 Å². The molecule has 1 atom stereocenters. The largest absolute Gasteiger partial charge is 0.484 e. The van der Waals surface area contributed by atoms with Crippen molar-refractivity contribution in [3.05, 3.63) is 101 Å². The molecule has 0 bridgehead atoms. The second-order valence-corrected chi connectivity index (χ2v) is 8.29. The molecule has 3 aromatic rings. The van der Waals surface area contributed by atoms with E-state index in [2.05, 4.69) is 5.32 Å². The Balaban J connectivity index is 1.88. The van der Waals surface area contributed by atoms with Gasteiger partial charge in [0.1, 0.15) is 11.8 Å². The van der Waals surface area contributed by atoms with Crippen LogP contribution in [-0.2, 0) is 22.6 Å². The quantitative estimate of drug-likeness (QED) is 0.468. The third-order valence-corrected chi connectivity index (χ3v) is 5.49. The first-order chi connectivity index (χ1) is 16.0. The topological polar surface area (TPSA) is 58.6 Å². The van der Waals surface area contributed by atoms with Crippen molar-refractivity contribution in [2.75, 3.05) is 13.2 Å². The zero-order valence-electron chi connectivity index (χ0n) is 19.0. The molecule has 0 fully saturated rings. The minimum atomic E-state index is -0.677. The molecular formula is C27H29ClN2O3. The summed E-state index contributed by atoms with van der Waals surface area (Å²) in [7, 11) is 0. The van der Waals surface area contributed by atoms with E-state index >= 15 is 0 Å². The van der Waals surface area contributed by atoms with Gasteiger partial charge in [0, 0.05) is 24.5 Å². The van der Waals surface area contributed by atoms with Crippen molar-refractivity contribution in [1.29, 1.82) is 0 Å². The number of halogens is 1. The van der Waals surface area contributed by atoms with Crippen LogP contribution >= 0.6 is 11.6 Å². The molecule has 0 heterocycles. The molecule has 1 N–H and O–H groups in total. The SMILES string of the molecule is CCNC(=O)C(Cc1ccccc1)N(Cc1ccc(C)cc1)C(=O)COc1cccc(Cl)c1. The molecule has 0 saturated carbocycles. The smallest absolute Gasteiger partial charge is 0.261 e. The average Bonchev–Trinajstić information content (AvgIpc) is 2.82. The summed E-state index contributed by atoms with van der Waals surface area (Å²) in [5.41, 5.74) is 3.05. The minimum Gasteiger partial charge on any atom is -0.484 e. The Morgan fingerprint density at radius 3 is 2.36 bits per heavy atom. The fraction of sp³-hybridized carbons (Fsp3) is 0.259. The van der Waals surface area contributed by atoms with Crippen LogP contribution in [-0.4, -0.2) is 35.9 Å². The summed E-state index contributed by atoms with van der Waals surface area (Å²) < 4.78 is 5.72. The maximum absolute atomic E-state index is 13.4. The lowest BCUT2D eigenvalue weighted by Gasteiger charge is -2.31. The van der Waals surface area contributed by atoms with E-state index in [0.29, 0.717) is 30.3 Å². The third kappa shape index (κ3) is 7.36. The first-order valence-corrected chi connectivity index (χ1v) is 11.4. The number of aryl methyl sites for hydroxylation is 1. The summed E-state index contributed by atoms with van der Waals surface area (Å²) >= 11 is 6.03. The van der Waals surface area contributed by atoms with Crippen LogP contribution in [0.25, 0.3) is 0 Å². The van der Waals surface area contributed by atoms with Crippen molar-refractivity contribution in [3.8, 4) is 5.75 Å². The van der Waals surface area contributed by atoms with Gasteiger partial charge in [-0.05, 0) is 43.2 Å². The number of ether oxygens (including phenoxy) is 1. The first kappa shape index (κ1) is 24.3. The second-order valence-electron chi connectivity index (χ2n) is 7.85. The molecule has 0 aliphatic rings. The summed E-state index contributed by atoms with van der Waals surface area (Å²) in [6.45, 7) is 4.46. The Bertz CT molecular complexity index is 1050. The molecule has 5 nitrogen and oxygen atoms in total. The van der Waals surface area contributed by atoms with Gasteiger partial charge in [0.15, 0.2) is 6.61 Å². The van der Waals surface area contributed by atoms with Gasteiger partial charge >= 0.3 is 0 Å². The van der Waals surface area contributed by atoms with E-state index in [1.54, 1.807) is 29.2 Å². The maximum Gasteiger partial charge on any atom is 0.261 e. The first-order valence-electron chi connectivity index (χ1n) is 11.0. The van der Waals surface area contributed by atoms with Gasteiger partial charge in [-0.3, -0.25) is 9.59 Å². The van der Waals surface area contributed by atoms with Crippen LogP contribution in [0.2, 0.25) is 5.02 Å². The van der Waals surface area contributed by atoms with Crippen molar-refractivity contribution >= 4 is 23.4 Å². The number of amides is 2. The average molecular weight is 465 g/mol. The predicted molar refractivity (Wildman–Crippen MR) is 131 cm³/mol. The van der Waals surface area contributed by atoms with Crippen molar-refractivity contribution in [1.82, 2.24) is 10.2 Å². The van der Waals surface area contributed by atoms with Crippen molar-refractivity contribution in [2.24, 2.45) is 0 Å². The number of rotatable bonds is 10. The van der Waals surface area contributed by atoms with E-state index in [1.165, 1.54) is 0 Å². The number of nitrogens with one attached hydrogen (secondary N) is 1. The standard InChI is InChI=1S/C27H29ClN2O3/c1-3-29-27(32)25(16-21-8-5-4-6-9-21)30(18-22-14-12-20(2)13-15-22)26(31)19-33-24-11-7-10-23(28)17-24/h4-15,17,25H,3,16,18-19H2,1-2H3,(H,29,32). The highest BCUT2D eigenvalue weighted by Crippen LogP contribution is 2.19. The molecule has 0 radical (unpaired) electrons. The van der Waals surface area contributed by atoms with E-state index in [1.807, 2.05) is 68.4 Å². The number of likely N-dealkylation sites (N-methyl/N-ethyl adjacent to an activating group) is 1. The monoisotopic (exact) mass is 464 g/mol. The third-order valence-electron chi connectivity index (χ3n) is 5.25. The van der Waals surface area contributed by atoms with Gasteiger partial charge < -0.3 is 15.0 Å². The molecular weight excluding hydrogens is 436 g/mol. The fourth-order valence-corrected chi connectivity index (χ4v) is 3.70. The van der Waals surface area contributed by atoms with E-state index in [0.717, 1.165) is 16.7 Å². The highest BCUT2D eigenvalue weighted by atomic mass is 35.5. The van der Waals surface area contributed by atoms with Crippen molar-refractivity contribution < 1.29 is 14.3 Å². The second kappa shape index (κ2) is 12.1. The molecule has 3 rings (SSSR count). The normalized spacial score (nSPS) is 11.5. The van der Waals surface area contributed by atoms with Gasteiger partial charge in [-0.15, -0.1) is 0 Å². The molecule has 2 amide bonds. The van der Waals surface area contributed by atoms with Gasteiger partial charge in [0.05, 0.1) is 0 Å². The number of nitrogens with zero attached hydrogens (tertiary/aromatic N) is 1.